The summed E-state index contributed by atoms with van der Waals surface area (Å²) in [4.78, 5) is 12.6. The van der Waals surface area contributed by atoms with Gasteiger partial charge in [-0.3, -0.25) is 14.0 Å². The van der Waals surface area contributed by atoms with Crippen molar-refractivity contribution in [1.82, 2.24) is 9.20 Å². The number of hydrogen-bond acceptors (Lipinski definition) is 1. The van der Waals surface area contributed by atoms with E-state index in [2.05, 4.69) is 16.8 Å². The maximum Gasteiger partial charge on any atom is 0.213 e. The molecule has 22 heavy (non-hydrogen) atoms. The third kappa shape index (κ3) is 2.02. The van der Waals surface area contributed by atoms with Gasteiger partial charge in [0, 0.05) is 16.6 Å². The van der Waals surface area contributed by atoms with E-state index < -0.39 is 0 Å². The number of fused-ring (bicyclic) bond motifs is 2. The quantitative estimate of drug-likeness (QED) is 0.550. The van der Waals surface area contributed by atoms with E-state index in [1.807, 2.05) is 47.1 Å². The summed E-state index contributed by atoms with van der Waals surface area (Å²) in [5, 5.41) is 1.31. The van der Waals surface area contributed by atoms with Crippen LogP contribution in [0.25, 0.3) is 16.4 Å². The molecule has 2 heterocycles. The summed E-state index contributed by atoms with van der Waals surface area (Å²) >= 11 is 6.15. The molecule has 0 aliphatic heterocycles. The fraction of sp³-hybridized carbons (Fsp3) is 0.0556. The molecule has 0 amide bonds. The van der Waals surface area contributed by atoms with E-state index in [9.17, 15) is 4.79 Å². The summed E-state index contributed by atoms with van der Waals surface area (Å²) in [5.74, 6) is 0. The van der Waals surface area contributed by atoms with Gasteiger partial charge in [-0.2, -0.15) is 0 Å². The van der Waals surface area contributed by atoms with Crippen molar-refractivity contribution in [2.75, 3.05) is 0 Å². The van der Waals surface area contributed by atoms with Crippen molar-refractivity contribution in [1.29, 1.82) is 0 Å². The zero-order valence-corrected chi connectivity index (χ0v) is 12.5. The number of halogens is 1. The van der Waals surface area contributed by atoms with E-state index in [0.717, 1.165) is 5.52 Å². The average Bonchev–Trinajstić information content (AvgIpc) is 3.02. The van der Waals surface area contributed by atoms with Crippen molar-refractivity contribution in [2.45, 2.75) is 6.54 Å². The van der Waals surface area contributed by atoms with Crippen molar-refractivity contribution in [2.24, 2.45) is 0 Å². The van der Waals surface area contributed by atoms with Crippen LogP contribution in [0, 0.1) is 0 Å². The van der Waals surface area contributed by atoms with Crippen molar-refractivity contribution in [3.63, 3.8) is 0 Å². The smallest absolute Gasteiger partial charge is 0.213 e. The van der Waals surface area contributed by atoms with Gasteiger partial charge in [-0.25, -0.2) is 0 Å². The van der Waals surface area contributed by atoms with Gasteiger partial charge in [0.05, 0.1) is 12.1 Å². The molecular formula is C18H13ClN2O. The minimum Gasteiger partial charge on any atom is -0.287 e. The summed E-state index contributed by atoms with van der Waals surface area (Å²) in [6.07, 6.45) is 1.90. The van der Waals surface area contributed by atoms with Gasteiger partial charge in [-0.05, 0) is 35.9 Å². The average molecular weight is 309 g/mol. The molecule has 108 valence electrons. The minimum absolute atomic E-state index is 0.0287. The lowest BCUT2D eigenvalue weighted by Gasteiger charge is -2.15. The largest absolute Gasteiger partial charge is 0.287 e. The lowest BCUT2D eigenvalue weighted by atomic mass is 10.2. The number of aromatic nitrogens is 2. The molecule has 0 aliphatic rings. The van der Waals surface area contributed by atoms with Gasteiger partial charge in [0.1, 0.15) is 5.52 Å². The fourth-order valence-electron chi connectivity index (χ4n) is 2.84. The molecule has 4 rings (SSSR count). The Morgan fingerprint density at radius 2 is 1.73 bits per heavy atom. The SMILES string of the molecule is O=c1c2ccc(Cl)cc2n(Cc2ccccc2)n2cccc12. The van der Waals surface area contributed by atoms with Crippen LogP contribution in [0.5, 0.6) is 0 Å². The molecule has 0 radical (unpaired) electrons. The third-order valence-electron chi connectivity index (χ3n) is 3.88. The second-order valence-electron chi connectivity index (χ2n) is 5.27. The van der Waals surface area contributed by atoms with E-state index in [-0.39, 0.29) is 5.43 Å². The molecule has 2 aromatic heterocycles. The summed E-state index contributed by atoms with van der Waals surface area (Å²) in [7, 11) is 0. The summed E-state index contributed by atoms with van der Waals surface area (Å²) in [6, 6.07) is 19.3. The lowest BCUT2D eigenvalue weighted by Crippen LogP contribution is -2.18. The second-order valence-corrected chi connectivity index (χ2v) is 5.71. The second kappa shape index (κ2) is 5.04. The van der Waals surface area contributed by atoms with Crippen molar-refractivity contribution < 1.29 is 0 Å². The molecule has 4 heteroatoms. The van der Waals surface area contributed by atoms with Crippen molar-refractivity contribution in [3.8, 4) is 0 Å². The van der Waals surface area contributed by atoms with Crippen LogP contribution in [0.15, 0.2) is 71.7 Å². The van der Waals surface area contributed by atoms with Crippen LogP contribution in [0.3, 0.4) is 0 Å². The Hall–Kier alpha value is -2.52. The highest BCUT2D eigenvalue weighted by molar-refractivity contribution is 6.31. The van der Waals surface area contributed by atoms with E-state index in [1.54, 1.807) is 12.1 Å². The zero-order valence-electron chi connectivity index (χ0n) is 11.7. The van der Waals surface area contributed by atoms with Crippen LogP contribution in [0.2, 0.25) is 5.02 Å². The first kappa shape index (κ1) is 13.2. The molecule has 0 aliphatic carbocycles. The molecule has 4 aromatic rings. The highest BCUT2D eigenvalue weighted by atomic mass is 35.5. The topological polar surface area (TPSA) is 26.4 Å². The lowest BCUT2D eigenvalue weighted by molar-refractivity contribution is 0.653. The Balaban J connectivity index is 2.09. The van der Waals surface area contributed by atoms with E-state index in [1.165, 1.54) is 5.56 Å². The highest BCUT2D eigenvalue weighted by Gasteiger charge is 2.11. The predicted molar refractivity (Wildman–Crippen MR) is 89.7 cm³/mol. The molecule has 0 fully saturated rings. The molecule has 3 nitrogen and oxygen atoms in total. The van der Waals surface area contributed by atoms with Crippen LogP contribution < -0.4 is 5.43 Å². The van der Waals surface area contributed by atoms with Gasteiger partial charge >= 0.3 is 0 Å². The molecule has 2 aromatic carbocycles. The van der Waals surface area contributed by atoms with Gasteiger partial charge in [-0.15, -0.1) is 0 Å². The predicted octanol–water partition coefficient (Wildman–Crippen LogP) is 3.96. The Morgan fingerprint density at radius 3 is 2.55 bits per heavy atom. The normalized spacial score (nSPS) is 11.3. The molecule has 0 spiro atoms. The molecule has 0 saturated carbocycles. The Morgan fingerprint density at radius 1 is 0.909 bits per heavy atom. The van der Waals surface area contributed by atoms with Crippen LogP contribution in [0.4, 0.5) is 0 Å². The van der Waals surface area contributed by atoms with Crippen LogP contribution in [-0.2, 0) is 6.54 Å². The third-order valence-corrected chi connectivity index (χ3v) is 4.11. The van der Waals surface area contributed by atoms with Gasteiger partial charge in [0.2, 0.25) is 5.43 Å². The number of hydrogen-bond donors (Lipinski definition) is 0. The molecule has 0 bridgehead atoms. The molecule has 0 N–H and O–H groups in total. The maximum atomic E-state index is 12.6. The molecule has 0 saturated heterocycles. The van der Waals surface area contributed by atoms with Gasteiger partial charge in [0.25, 0.3) is 0 Å². The first-order chi connectivity index (χ1) is 10.7. The zero-order chi connectivity index (χ0) is 15.1. The van der Waals surface area contributed by atoms with Crippen LogP contribution in [0.1, 0.15) is 5.56 Å². The fourth-order valence-corrected chi connectivity index (χ4v) is 3.01. The van der Waals surface area contributed by atoms with Gasteiger partial charge < -0.3 is 0 Å². The van der Waals surface area contributed by atoms with E-state index in [0.29, 0.717) is 22.5 Å². The summed E-state index contributed by atoms with van der Waals surface area (Å²) < 4.78 is 3.97. The monoisotopic (exact) mass is 308 g/mol. The number of nitrogens with zero attached hydrogens (tertiary/aromatic N) is 2. The standard InChI is InChI=1S/C18H13ClN2O/c19-14-8-9-15-17(11-14)21(12-13-5-2-1-3-6-13)20-10-4-7-16(20)18(15)22/h1-11H,12H2. The first-order valence-corrected chi connectivity index (χ1v) is 7.45. The first-order valence-electron chi connectivity index (χ1n) is 7.07. The molecular weight excluding hydrogens is 296 g/mol. The Kier molecular flexibility index (Phi) is 3.01. The number of benzene rings is 2. The van der Waals surface area contributed by atoms with Gasteiger partial charge in [0.15, 0.2) is 0 Å². The maximum absolute atomic E-state index is 12.6. The highest BCUT2D eigenvalue weighted by Crippen LogP contribution is 2.19. The molecule has 0 unspecified atom stereocenters. The Bertz CT molecular complexity index is 1030. The van der Waals surface area contributed by atoms with Crippen LogP contribution in [-0.4, -0.2) is 9.20 Å². The summed E-state index contributed by atoms with van der Waals surface area (Å²) in [5.41, 5.74) is 2.71. The summed E-state index contributed by atoms with van der Waals surface area (Å²) in [6.45, 7) is 0.670. The van der Waals surface area contributed by atoms with Crippen molar-refractivity contribution >= 4 is 28.0 Å². The number of rotatable bonds is 2. The van der Waals surface area contributed by atoms with Crippen LogP contribution >= 0.6 is 11.6 Å². The van der Waals surface area contributed by atoms with Crippen molar-refractivity contribution in [3.05, 3.63) is 87.7 Å². The molecule has 0 atom stereocenters. The Labute approximate surface area is 132 Å². The van der Waals surface area contributed by atoms with E-state index >= 15 is 0 Å². The van der Waals surface area contributed by atoms with E-state index in [4.69, 9.17) is 11.6 Å². The minimum atomic E-state index is 0.0287. The van der Waals surface area contributed by atoms with Gasteiger partial charge in [-0.1, -0.05) is 41.9 Å².